The Morgan fingerprint density at radius 3 is 2.20 bits per heavy atom. The average Bonchev–Trinajstić information content (AvgIpc) is 1.99. The molecule has 0 spiro atoms. The first-order valence-corrected chi connectivity index (χ1v) is 9.22. The number of hydrogen-bond acceptors (Lipinski definition) is 3. The third kappa shape index (κ3) is 3.64. The van der Waals surface area contributed by atoms with Crippen LogP contribution in [0.5, 0.6) is 5.75 Å². The Hall–Kier alpha value is -0.883. The molecule has 1 aromatic carbocycles. The van der Waals surface area contributed by atoms with Gasteiger partial charge in [0, 0.05) is 0 Å². The molecule has 1 rings (SSSR count). The molecule has 84 valence electrons. The molecule has 3 nitrogen and oxygen atoms in total. The zero-order valence-electron chi connectivity index (χ0n) is 8.82. The lowest BCUT2D eigenvalue weighted by Gasteiger charge is -2.20. The first-order valence-electron chi connectivity index (χ1n) is 4.43. The van der Waals surface area contributed by atoms with Crippen LogP contribution >= 0.6 is 0 Å². The summed E-state index contributed by atoms with van der Waals surface area (Å²) in [7, 11) is -6.65. The van der Waals surface area contributed by atoms with Crippen LogP contribution in [0.15, 0.2) is 29.2 Å². The van der Waals surface area contributed by atoms with E-state index in [2.05, 4.69) is 0 Å². The highest BCUT2D eigenvalue weighted by atomic mass is 32.3. The van der Waals surface area contributed by atoms with Crippen molar-refractivity contribution in [3.8, 4) is 5.75 Å². The molecule has 15 heavy (non-hydrogen) atoms. The summed E-state index contributed by atoms with van der Waals surface area (Å²) in [6.45, 7) is 5.69. The summed E-state index contributed by atoms with van der Waals surface area (Å²) in [5.74, 6) is 0.0965. The Kier molecular flexibility index (Phi) is 3.20. The molecular weight excluding hydrogens is 235 g/mol. The molecule has 0 saturated carbocycles. The van der Waals surface area contributed by atoms with E-state index in [9.17, 15) is 12.3 Å². The number of benzene rings is 1. The van der Waals surface area contributed by atoms with Gasteiger partial charge >= 0.3 is 10.2 Å². The smallest absolute Gasteiger partial charge is 0.335 e. The fourth-order valence-electron chi connectivity index (χ4n) is 1.07. The van der Waals surface area contributed by atoms with Crippen LogP contribution in [0.3, 0.4) is 0 Å². The summed E-state index contributed by atoms with van der Waals surface area (Å²) < 4.78 is 40.0. The van der Waals surface area contributed by atoms with E-state index in [1.807, 2.05) is 19.6 Å². The normalized spacial score (nSPS) is 12.5. The van der Waals surface area contributed by atoms with Crippen molar-refractivity contribution in [2.75, 3.05) is 0 Å². The summed E-state index contributed by atoms with van der Waals surface area (Å²) in [5, 5.41) is 0. The van der Waals surface area contributed by atoms with Gasteiger partial charge in [0.05, 0.1) is 0 Å². The zero-order valence-corrected chi connectivity index (χ0v) is 10.6. The maximum Gasteiger partial charge on any atom is 0.335 e. The predicted molar refractivity (Wildman–Crippen MR) is 58.7 cm³/mol. The number of hydrogen-bond donors (Lipinski definition) is 0. The molecule has 0 aromatic heterocycles. The van der Waals surface area contributed by atoms with Crippen LogP contribution in [-0.2, 0) is 10.2 Å². The Morgan fingerprint density at radius 1 is 1.20 bits per heavy atom. The molecular formula is C9H13FO3SSi. The summed E-state index contributed by atoms with van der Waals surface area (Å²) in [4.78, 5) is -0.396. The minimum atomic E-state index is -4.71. The first kappa shape index (κ1) is 12.2. The quantitative estimate of drug-likeness (QED) is 0.610. The summed E-state index contributed by atoms with van der Waals surface area (Å²) in [5.41, 5.74) is 0. The molecule has 0 N–H and O–H groups in total. The number of halogens is 1. The van der Waals surface area contributed by atoms with Crippen molar-refractivity contribution in [1.82, 2.24) is 0 Å². The summed E-state index contributed by atoms with van der Waals surface area (Å²) >= 11 is 0. The van der Waals surface area contributed by atoms with Crippen LogP contribution in [0, 0.1) is 0 Å². The Morgan fingerprint density at radius 2 is 1.73 bits per heavy atom. The average molecular weight is 248 g/mol. The fourth-order valence-corrected chi connectivity index (χ4v) is 2.57. The van der Waals surface area contributed by atoms with E-state index in [4.69, 9.17) is 4.43 Å². The van der Waals surface area contributed by atoms with Gasteiger partial charge < -0.3 is 4.43 Å². The maximum atomic E-state index is 12.9. The van der Waals surface area contributed by atoms with Gasteiger partial charge in [0.15, 0.2) is 0 Å². The SMILES string of the molecule is C[Si](C)(C)Oc1ccccc1S(=O)(=O)F. The van der Waals surface area contributed by atoms with Crippen LogP contribution in [0.25, 0.3) is 0 Å². The standard InChI is InChI=1S/C9H13FO3SSi/c1-15(2,3)13-8-6-4-5-7-9(8)14(10,11)12/h4-7H,1-3H3. The largest absolute Gasteiger partial charge is 0.543 e. The van der Waals surface area contributed by atoms with Gasteiger partial charge in [-0.05, 0) is 31.8 Å². The first-order chi connectivity index (χ1) is 6.70. The van der Waals surface area contributed by atoms with Gasteiger partial charge in [0.25, 0.3) is 0 Å². The van der Waals surface area contributed by atoms with E-state index in [-0.39, 0.29) is 5.75 Å². The van der Waals surface area contributed by atoms with Crippen LogP contribution < -0.4 is 4.43 Å². The van der Waals surface area contributed by atoms with Crippen LogP contribution in [0.1, 0.15) is 0 Å². The third-order valence-electron chi connectivity index (χ3n) is 1.53. The highest BCUT2D eigenvalue weighted by molar-refractivity contribution is 7.86. The Bertz CT molecular complexity index is 451. The fraction of sp³-hybridized carbons (Fsp3) is 0.333. The van der Waals surface area contributed by atoms with Crippen molar-refractivity contribution in [2.24, 2.45) is 0 Å². The van der Waals surface area contributed by atoms with Crippen LogP contribution in [0.2, 0.25) is 19.6 Å². The molecule has 0 unspecified atom stereocenters. The summed E-state index contributed by atoms with van der Waals surface area (Å²) in [6, 6.07) is 5.74. The third-order valence-corrected chi connectivity index (χ3v) is 3.22. The van der Waals surface area contributed by atoms with Crippen molar-refractivity contribution in [3.05, 3.63) is 24.3 Å². The molecule has 1 aromatic rings. The van der Waals surface area contributed by atoms with E-state index in [0.29, 0.717) is 0 Å². The molecule has 6 heteroatoms. The minimum Gasteiger partial charge on any atom is -0.543 e. The zero-order chi connectivity index (χ0) is 11.7. The molecule has 0 atom stereocenters. The Balaban J connectivity index is 3.20. The Labute approximate surface area is 90.2 Å². The van der Waals surface area contributed by atoms with Crippen molar-refractivity contribution >= 4 is 18.5 Å². The second-order valence-electron chi connectivity index (χ2n) is 4.10. The number of para-hydroxylation sites is 1. The predicted octanol–water partition coefficient (Wildman–Crippen LogP) is 2.56. The maximum absolute atomic E-state index is 12.9. The monoisotopic (exact) mass is 248 g/mol. The second-order valence-corrected chi connectivity index (χ2v) is 9.84. The van der Waals surface area contributed by atoms with Crippen molar-refractivity contribution < 1.29 is 16.7 Å². The van der Waals surface area contributed by atoms with Crippen LogP contribution in [-0.4, -0.2) is 16.7 Å². The molecule has 0 aliphatic rings. The molecule has 0 radical (unpaired) electrons. The van der Waals surface area contributed by atoms with Gasteiger partial charge in [-0.1, -0.05) is 12.1 Å². The topological polar surface area (TPSA) is 43.4 Å². The minimum absolute atomic E-state index is 0.0965. The molecule has 0 fully saturated rings. The van der Waals surface area contributed by atoms with E-state index in [1.54, 1.807) is 6.07 Å². The molecule has 0 heterocycles. The van der Waals surface area contributed by atoms with Crippen molar-refractivity contribution in [3.63, 3.8) is 0 Å². The molecule has 0 bridgehead atoms. The van der Waals surface area contributed by atoms with Gasteiger partial charge in [0.2, 0.25) is 8.32 Å². The van der Waals surface area contributed by atoms with E-state index in [0.717, 1.165) is 0 Å². The lowest BCUT2D eigenvalue weighted by molar-refractivity contribution is 0.521. The van der Waals surface area contributed by atoms with E-state index in [1.165, 1.54) is 18.2 Å². The van der Waals surface area contributed by atoms with E-state index < -0.39 is 23.4 Å². The molecule has 0 aliphatic heterocycles. The van der Waals surface area contributed by atoms with Crippen LogP contribution in [0.4, 0.5) is 3.89 Å². The highest BCUT2D eigenvalue weighted by Gasteiger charge is 2.23. The number of rotatable bonds is 3. The molecule has 0 amide bonds. The van der Waals surface area contributed by atoms with Crippen molar-refractivity contribution in [2.45, 2.75) is 24.5 Å². The van der Waals surface area contributed by atoms with Gasteiger partial charge in [-0.15, -0.1) is 3.89 Å². The van der Waals surface area contributed by atoms with Crippen molar-refractivity contribution in [1.29, 1.82) is 0 Å². The lowest BCUT2D eigenvalue weighted by Crippen LogP contribution is -2.29. The highest BCUT2D eigenvalue weighted by Crippen LogP contribution is 2.27. The molecule has 0 saturated heterocycles. The van der Waals surface area contributed by atoms with Gasteiger partial charge in [-0.3, -0.25) is 0 Å². The molecule has 0 aliphatic carbocycles. The summed E-state index contributed by atoms with van der Waals surface area (Å²) in [6.07, 6.45) is 0. The second kappa shape index (κ2) is 3.94. The van der Waals surface area contributed by atoms with Gasteiger partial charge in [-0.25, -0.2) is 0 Å². The lowest BCUT2D eigenvalue weighted by atomic mass is 10.3. The van der Waals surface area contributed by atoms with Gasteiger partial charge in [0.1, 0.15) is 10.6 Å². The van der Waals surface area contributed by atoms with E-state index >= 15 is 0 Å². The van der Waals surface area contributed by atoms with Gasteiger partial charge in [-0.2, -0.15) is 8.42 Å².